The van der Waals surface area contributed by atoms with E-state index in [4.69, 9.17) is 0 Å². The normalized spacial score (nSPS) is 17.7. The van der Waals surface area contributed by atoms with Crippen LogP contribution in [0.5, 0.6) is 0 Å². The molecule has 1 fully saturated rings. The minimum Gasteiger partial charge on any atom is -0.339 e. The van der Waals surface area contributed by atoms with Crippen molar-refractivity contribution in [3.05, 3.63) is 42.2 Å². The third kappa shape index (κ3) is 2.98. The number of hydrogen-bond acceptors (Lipinski definition) is 3. The topological polar surface area (TPSA) is 51.0 Å². The highest BCUT2D eigenvalue weighted by atomic mass is 16.2. The van der Waals surface area contributed by atoms with Gasteiger partial charge in [-0.3, -0.25) is 4.79 Å². The molecule has 2 heterocycles. The van der Waals surface area contributed by atoms with Crippen LogP contribution in [0.1, 0.15) is 44.2 Å². The molecule has 0 unspecified atom stereocenters. The Hall–Kier alpha value is -2.43. The predicted octanol–water partition coefficient (Wildman–Crippen LogP) is 3.31. The SMILES string of the molecule is CCC(=O)N1CC=C(c2ccc(-c3ncn(C4CC4)n3)cc2)CC1. The van der Waals surface area contributed by atoms with Gasteiger partial charge in [0.15, 0.2) is 5.82 Å². The average molecular weight is 322 g/mol. The Bertz CT molecular complexity index is 771. The van der Waals surface area contributed by atoms with Crippen LogP contribution >= 0.6 is 0 Å². The molecule has 1 amide bonds. The number of carbonyl (C=O) groups is 1. The van der Waals surface area contributed by atoms with Gasteiger partial charge in [-0.1, -0.05) is 37.3 Å². The third-order valence-corrected chi connectivity index (χ3v) is 4.81. The summed E-state index contributed by atoms with van der Waals surface area (Å²) in [6.45, 7) is 3.45. The molecule has 0 saturated heterocycles. The maximum atomic E-state index is 11.7. The number of rotatable bonds is 4. The lowest BCUT2D eigenvalue weighted by Gasteiger charge is -2.26. The van der Waals surface area contributed by atoms with Gasteiger partial charge in [-0.15, -0.1) is 0 Å². The van der Waals surface area contributed by atoms with Crippen molar-refractivity contribution in [2.75, 3.05) is 13.1 Å². The largest absolute Gasteiger partial charge is 0.339 e. The van der Waals surface area contributed by atoms with E-state index in [2.05, 4.69) is 40.4 Å². The summed E-state index contributed by atoms with van der Waals surface area (Å²) in [5, 5.41) is 4.57. The molecule has 5 heteroatoms. The smallest absolute Gasteiger partial charge is 0.222 e. The molecule has 0 bridgehead atoms. The van der Waals surface area contributed by atoms with Crippen LogP contribution in [0.4, 0.5) is 0 Å². The van der Waals surface area contributed by atoms with Crippen LogP contribution in [0.3, 0.4) is 0 Å². The van der Waals surface area contributed by atoms with Crippen LogP contribution in [0, 0.1) is 0 Å². The van der Waals surface area contributed by atoms with Gasteiger partial charge in [-0.2, -0.15) is 5.10 Å². The van der Waals surface area contributed by atoms with Crippen molar-refractivity contribution in [3.63, 3.8) is 0 Å². The number of benzene rings is 1. The summed E-state index contributed by atoms with van der Waals surface area (Å²) >= 11 is 0. The fourth-order valence-corrected chi connectivity index (χ4v) is 3.14. The molecular formula is C19H22N4O. The van der Waals surface area contributed by atoms with Gasteiger partial charge in [-0.05, 0) is 30.4 Å². The monoisotopic (exact) mass is 322 g/mol. The summed E-state index contributed by atoms with van der Waals surface area (Å²) in [6.07, 6.45) is 7.94. The fraction of sp³-hybridized carbons (Fsp3) is 0.421. The summed E-state index contributed by atoms with van der Waals surface area (Å²) < 4.78 is 1.98. The van der Waals surface area contributed by atoms with E-state index in [9.17, 15) is 4.79 Å². The van der Waals surface area contributed by atoms with E-state index in [0.29, 0.717) is 12.5 Å². The molecule has 124 valence electrons. The van der Waals surface area contributed by atoms with Gasteiger partial charge in [0.05, 0.1) is 6.04 Å². The lowest BCUT2D eigenvalue weighted by molar-refractivity contribution is -0.130. The second-order valence-electron chi connectivity index (χ2n) is 6.53. The molecule has 5 nitrogen and oxygen atoms in total. The Morgan fingerprint density at radius 2 is 1.96 bits per heavy atom. The molecule has 1 aliphatic carbocycles. The Balaban J connectivity index is 1.47. The predicted molar refractivity (Wildman–Crippen MR) is 93.2 cm³/mol. The molecule has 0 atom stereocenters. The Morgan fingerprint density at radius 3 is 2.58 bits per heavy atom. The van der Waals surface area contributed by atoms with E-state index in [0.717, 1.165) is 30.9 Å². The number of amides is 1. The zero-order chi connectivity index (χ0) is 16.5. The Kier molecular flexibility index (Phi) is 3.92. The average Bonchev–Trinajstić information content (AvgIpc) is 3.38. The van der Waals surface area contributed by atoms with E-state index in [-0.39, 0.29) is 5.91 Å². The van der Waals surface area contributed by atoms with E-state index in [1.54, 1.807) is 0 Å². The number of nitrogens with zero attached hydrogens (tertiary/aromatic N) is 4. The van der Waals surface area contributed by atoms with Crippen molar-refractivity contribution >= 4 is 11.5 Å². The van der Waals surface area contributed by atoms with Crippen LogP contribution in [0.25, 0.3) is 17.0 Å². The summed E-state index contributed by atoms with van der Waals surface area (Å²) in [6, 6.07) is 9.01. The van der Waals surface area contributed by atoms with Crippen molar-refractivity contribution in [3.8, 4) is 11.4 Å². The maximum absolute atomic E-state index is 11.7. The molecule has 2 aliphatic rings. The standard InChI is InChI=1S/C19H22N4O/c1-2-18(24)22-11-9-15(10-12-22)14-3-5-16(6-4-14)19-20-13-23(21-19)17-7-8-17/h3-6,9,13,17H,2,7-8,10-12H2,1H3. The maximum Gasteiger partial charge on any atom is 0.222 e. The summed E-state index contributed by atoms with van der Waals surface area (Å²) in [5.74, 6) is 1.03. The molecule has 0 spiro atoms. The van der Waals surface area contributed by atoms with Crippen molar-refractivity contribution in [1.82, 2.24) is 19.7 Å². The lowest BCUT2D eigenvalue weighted by atomic mass is 9.98. The lowest BCUT2D eigenvalue weighted by Crippen LogP contribution is -2.34. The molecule has 2 aromatic rings. The Morgan fingerprint density at radius 1 is 1.21 bits per heavy atom. The van der Waals surface area contributed by atoms with Gasteiger partial charge >= 0.3 is 0 Å². The molecule has 0 radical (unpaired) electrons. The minimum atomic E-state index is 0.234. The minimum absolute atomic E-state index is 0.234. The van der Waals surface area contributed by atoms with Crippen LogP contribution in [0.2, 0.25) is 0 Å². The van der Waals surface area contributed by atoms with Gasteiger partial charge in [0.25, 0.3) is 0 Å². The first-order chi connectivity index (χ1) is 11.7. The highest BCUT2D eigenvalue weighted by Crippen LogP contribution is 2.34. The van der Waals surface area contributed by atoms with E-state index >= 15 is 0 Å². The van der Waals surface area contributed by atoms with Gasteiger partial charge in [-0.25, -0.2) is 9.67 Å². The zero-order valence-electron chi connectivity index (χ0n) is 14.0. The van der Waals surface area contributed by atoms with Gasteiger partial charge in [0.1, 0.15) is 6.33 Å². The zero-order valence-corrected chi connectivity index (χ0v) is 14.0. The molecule has 0 N–H and O–H groups in total. The summed E-state index contributed by atoms with van der Waals surface area (Å²) in [5.41, 5.74) is 3.60. The van der Waals surface area contributed by atoms with Gasteiger partial charge in [0, 0.05) is 25.1 Å². The Labute approximate surface area is 142 Å². The van der Waals surface area contributed by atoms with Gasteiger partial charge < -0.3 is 4.90 Å². The first kappa shape index (κ1) is 15.1. The molecule has 24 heavy (non-hydrogen) atoms. The number of carbonyl (C=O) groups excluding carboxylic acids is 1. The second-order valence-corrected chi connectivity index (χ2v) is 6.53. The highest BCUT2D eigenvalue weighted by Gasteiger charge is 2.25. The first-order valence-corrected chi connectivity index (χ1v) is 8.73. The fourth-order valence-electron chi connectivity index (χ4n) is 3.14. The van der Waals surface area contributed by atoms with Crippen molar-refractivity contribution < 1.29 is 4.79 Å². The first-order valence-electron chi connectivity index (χ1n) is 8.73. The number of aromatic nitrogens is 3. The number of hydrogen-bond donors (Lipinski definition) is 0. The third-order valence-electron chi connectivity index (χ3n) is 4.81. The van der Waals surface area contributed by atoms with Gasteiger partial charge in [0.2, 0.25) is 5.91 Å². The summed E-state index contributed by atoms with van der Waals surface area (Å²) in [7, 11) is 0. The van der Waals surface area contributed by atoms with Crippen LogP contribution in [-0.4, -0.2) is 38.7 Å². The van der Waals surface area contributed by atoms with Crippen LogP contribution < -0.4 is 0 Å². The van der Waals surface area contributed by atoms with Crippen molar-refractivity contribution in [2.24, 2.45) is 0 Å². The quantitative estimate of drug-likeness (QED) is 0.868. The second kappa shape index (κ2) is 6.23. The van der Waals surface area contributed by atoms with E-state index < -0.39 is 0 Å². The van der Waals surface area contributed by atoms with Crippen molar-refractivity contribution in [2.45, 2.75) is 38.6 Å². The molecular weight excluding hydrogens is 300 g/mol. The molecule has 4 rings (SSSR count). The molecule has 1 aromatic carbocycles. The summed E-state index contributed by atoms with van der Waals surface area (Å²) in [4.78, 5) is 18.1. The van der Waals surface area contributed by atoms with Crippen LogP contribution in [-0.2, 0) is 4.79 Å². The molecule has 1 aromatic heterocycles. The molecule has 1 saturated carbocycles. The molecule has 1 aliphatic heterocycles. The van der Waals surface area contributed by atoms with E-state index in [1.165, 1.54) is 24.0 Å². The van der Waals surface area contributed by atoms with Crippen LogP contribution in [0.15, 0.2) is 36.7 Å². The van der Waals surface area contributed by atoms with Crippen molar-refractivity contribution in [1.29, 1.82) is 0 Å². The highest BCUT2D eigenvalue weighted by molar-refractivity contribution is 5.78. The van der Waals surface area contributed by atoms with E-state index in [1.807, 2.05) is 22.8 Å².